The number of primary amides is 1. The van der Waals surface area contributed by atoms with Crippen molar-refractivity contribution in [3.05, 3.63) is 69.4 Å². The van der Waals surface area contributed by atoms with Gasteiger partial charge in [0.15, 0.2) is 5.82 Å². The molecule has 0 saturated carbocycles. The number of rotatable bonds is 5. The van der Waals surface area contributed by atoms with Crippen molar-refractivity contribution in [2.24, 2.45) is 5.73 Å². The van der Waals surface area contributed by atoms with E-state index < -0.39 is 40.0 Å². The molecular formula is C22H21F2N5O5. The highest BCUT2D eigenvalue weighted by molar-refractivity contribution is 5.93. The van der Waals surface area contributed by atoms with Crippen LogP contribution in [0.3, 0.4) is 0 Å². The summed E-state index contributed by atoms with van der Waals surface area (Å²) in [4.78, 5) is 34.2. The van der Waals surface area contributed by atoms with E-state index in [1.807, 2.05) is 0 Å². The first-order chi connectivity index (χ1) is 15.8. The van der Waals surface area contributed by atoms with Gasteiger partial charge in [-0.05, 0) is 68.0 Å². The van der Waals surface area contributed by atoms with E-state index in [-0.39, 0.29) is 28.1 Å². The zero-order valence-electron chi connectivity index (χ0n) is 18.7. The van der Waals surface area contributed by atoms with Gasteiger partial charge in [0.1, 0.15) is 22.7 Å². The van der Waals surface area contributed by atoms with Crippen molar-refractivity contribution >= 4 is 23.5 Å². The van der Waals surface area contributed by atoms with Crippen molar-refractivity contribution in [3.63, 3.8) is 0 Å². The molecule has 1 heterocycles. The number of halogens is 2. The number of ether oxygens (including phenoxy) is 1. The number of carbonyl (C=O) groups excluding carboxylic acids is 2. The smallest absolute Gasteiger partial charge is 0.412 e. The van der Waals surface area contributed by atoms with E-state index in [0.29, 0.717) is 5.56 Å². The van der Waals surface area contributed by atoms with Crippen LogP contribution in [0.15, 0.2) is 36.5 Å². The highest BCUT2D eigenvalue weighted by atomic mass is 19.1. The quantitative estimate of drug-likeness (QED) is 0.413. The highest BCUT2D eigenvalue weighted by Gasteiger charge is 2.26. The van der Waals surface area contributed by atoms with Crippen molar-refractivity contribution in [2.45, 2.75) is 33.3 Å². The van der Waals surface area contributed by atoms with Gasteiger partial charge in [0.2, 0.25) is 0 Å². The fourth-order valence-corrected chi connectivity index (χ4v) is 3.09. The minimum Gasteiger partial charge on any atom is -0.444 e. The summed E-state index contributed by atoms with van der Waals surface area (Å²) in [6.07, 6.45) is 0.368. The number of nitrogens with two attached hydrogens (primary N) is 1. The van der Waals surface area contributed by atoms with E-state index >= 15 is 0 Å². The molecule has 0 aliphatic carbocycles. The molecule has 0 unspecified atom stereocenters. The third-order valence-electron chi connectivity index (χ3n) is 4.59. The van der Waals surface area contributed by atoms with Crippen LogP contribution in [0.4, 0.5) is 25.1 Å². The normalized spacial score (nSPS) is 11.2. The van der Waals surface area contributed by atoms with Crippen LogP contribution in [0, 0.1) is 28.7 Å². The number of hydrogen-bond acceptors (Lipinski definition) is 6. The molecule has 178 valence electrons. The van der Waals surface area contributed by atoms with Crippen molar-refractivity contribution in [2.75, 3.05) is 5.32 Å². The maximum absolute atomic E-state index is 14.8. The number of anilines is 1. The molecule has 3 rings (SSSR count). The van der Waals surface area contributed by atoms with E-state index in [1.54, 1.807) is 27.7 Å². The second kappa shape index (κ2) is 8.89. The lowest BCUT2D eigenvalue weighted by molar-refractivity contribution is -0.389. The molecule has 12 heteroatoms. The summed E-state index contributed by atoms with van der Waals surface area (Å²) in [6, 6.07) is 5.61. The molecule has 0 aliphatic rings. The Kier molecular flexibility index (Phi) is 6.35. The Balaban J connectivity index is 2.07. The molecule has 0 bridgehead atoms. The van der Waals surface area contributed by atoms with Crippen molar-refractivity contribution < 1.29 is 28.0 Å². The summed E-state index contributed by atoms with van der Waals surface area (Å²) in [7, 11) is 0. The Bertz CT molecular complexity index is 1310. The number of benzene rings is 2. The molecule has 2 amide bonds. The number of aryl methyl sites for hydroxylation is 1. The molecular weight excluding hydrogens is 452 g/mol. The molecule has 3 N–H and O–H groups in total. The van der Waals surface area contributed by atoms with Crippen LogP contribution in [0.5, 0.6) is 0 Å². The van der Waals surface area contributed by atoms with Crippen molar-refractivity contribution in [1.82, 2.24) is 9.78 Å². The summed E-state index contributed by atoms with van der Waals surface area (Å²) in [5.74, 6) is -3.42. The maximum Gasteiger partial charge on any atom is 0.412 e. The Hall–Kier alpha value is -4.35. The Morgan fingerprint density at radius 1 is 1.18 bits per heavy atom. The second-order valence-corrected chi connectivity index (χ2v) is 8.37. The van der Waals surface area contributed by atoms with Gasteiger partial charge in [-0.25, -0.2) is 13.6 Å². The van der Waals surface area contributed by atoms with E-state index in [0.717, 1.165) is 29.1 Å². The largest absolute Gasteiger partial charge is 0.444 e. The van der Waals surface area contributed by atoms with Gasteiger partial charge >= 0.3 is 11.9 Å². The van der Waals surface area contributed by atoms with Crippen LogP contribution >= 0.6 is 0 Å². The van der Waals surface area contributed by atoms with Crippen LogP contribution in [-0.2, 0) is 4.74 Å². The number of nitro groups is 1. The van der Waals surface area contributed by atoms with Crippen molar-refractivity contribution in [1.29, 1.82) is 0 Å². The summed E-state index contributed by atoms with van der Waals surface area (Å²) in [5.41, 5.74) is 4.20. The topological polar surface area (TPSA) is 142 Å². The number of carbonyl (C=O) groups is 2. The lowest BCUT2D eigenvalue weighted by Gasteiger charge is -2.20. The van der Waals surface area contributed by atoms with Gasteiger partial charge in [-0.1, -0.05) is 6.07 Å². The van der Waals surface area contributed by atoms with Crippen LogP contribution in [0.1, 0.15) is 36.7 Å². The number of nitrogens with zero attached hydrogens (tertiary/aromatic N) is 3. The first-order valence-electron chi connectivity index (χ1n) is 9.91. The third kappa shape index (κ3) is 5.17. The Morgan fingerprint density at radius 2 is 1.85 bits per heavy atom. The van der Waals surface area contributed by atoms with Gasteiger partial charge in [-0.3, -0.25) is 10.1 Å². The fourth-order valence-electron chi connectivity index (χ4n) is 3.09. The van der Waals surface area contributed by atoms with Crippen LogP contribution in [0.25, 0.3) is 16.8 Å². The summed E-state index contributed by atoms with van der Waals surface area (Å²) in [6.45, 7) is 6.59. The zero-order valence-corrected chi connectivity index (χ0v) is 18.7. The summed E-state index contributed by atoms with van der Waals surface area (Å²) in [5, 5.41) is 17.9. The van der Waals surface area contributed by atoms with E-state index in [9.17, 15) is 28.5 Å². The van der Waals surface area contributed by atoms with Gasteiger partial charge in [-0.2, -0.15) is 0 Å². The van der Waals surface area contributed by atoms with E-state index in [4.69, 9.17) is 10.5 Å². The van der Waals surface area contributed by atoms with Crippen LogP contribution < -0.4 is 11.1 Å². The standard InChI is InChI=1S/C22H21F2N5O5/c1-11-7-16(24)18(9-17(11)26-21(31)34-22(2,3)4)28-10-14(20(27-28)29(32)33)12-5-6-13(19(25)30)15(23)8-12/h5-10H,1-4H3,(H2,25,30)(H,26,31). The molecule has 0 saturated heterocycles. The molecule has 0 spiro atoms. The zero-order chi connectivity index (χ0) is 25.4. The predicted molar refractivity (Wildman–Crippen MR) is 119 cm³/mol. The lowest BCUT2D eigenvalue weighted by Crippen LogP contribution is -2.27. The highest BCUT2D eigenvalue weighted by Crippen LogP contribution is 2.32. The number of nitrogens with one attached hydrogen (secondary N) is 1. The summed E-state index contributed by atoms with van der Waals surface area (Å²) < 4.78 is 35.1. The molecule has 1 aromatic heterocycles. The van der Waals surface area contributed by atoms with Gasteiger partial charge in [0.25, 0.3) is 5.91 Å². The first kappa shape index (κ1) is 24.3. The third-order valence-corrected chi connectivity index (χ3v) is 4.59. The SMILES string of the molecule is Cc1cc(F)c(-n2cc(-c3ccc(C(N)=O)c(F)c3)c([N+](=O)[O-])n2)cc1NC(=O)OC(C)(C)C. The van der Waals surface area contributed by atoms with Crippen LogP contribution in [0.2, 0.25) is 0 Å². The second-order valence-electron chi connectivity index (χ2n) is 8.37. The van der Waals surface area contributed by atoms with Crippen molar-refractivity contribution in [3.8, 4) is 16.8 Å². The molecule has 3 aromatic rings. The number of aromatic nitrogens is 2. The van der Waals surface area contributed by atoms with E-state index in [1.165, 1.54) is 12.1 Å². The Morgan fingerprint density at radius 3 is 2.41 bits per heavy atom. The fraction of sp³-hybridized carbons (Fsp3) is 0.227. The van der Waals surface area contributed by atoms with Gasteiger partial charge in [0.05, 0.1) is 16.9 Å². The number of amides is 2. The average molecular weight is 473 g/mol. The average Bonchev–Trinajstić information content (AvgIpc) is 3.13. The monoisotopic (exact) mass is 473 g/mol. The van der Waals surface area contributed by atoms with E-state index in [2.05, 4.69) is 10.4 Å². The molecule has 0 fully saturated rings. The van der Waals surface area contributed by atoms with Gasteiger partial charge < -0.3 is 20.6 Å². The Labute approximate surface area is 192 Å². The first-order valence-corrected chi connectivity index (χ1v) is 9.91. The lowest BCUT2D eigenvalue weighted by atomic mass is 10.1. The summed E-state index contributed by atoms with van der Waals surface area (Å²) >= 11 is 0. The molecule has 0 aliphatic heterocycles. The maximum atomic E-state index is 14.8. The predicted octanol–water partition coefficient (Wildman–Crippen LogP) is 4.48. The van der Waals surface area contributed by atoms with Gasteiger partial charge in [0, 0.05) is 5.69 Å². The minimum absolute atomic E-state index is 0.0278. The molecule has 34 heavy (non-hydrogen) atoms. The molecule has 10 nitrogen and oxygen atoms in total. The van der Waals surface area contributed by atoms with Gasteiger partial charge in [-0.15, -0.1) is 4.68 Å². The molecule has 2 aromatic carbocycles. The molecule has 0 atom stereocenters. The minimum atomic E-state index is -0.999. The van der Waals surface area contributed by atoms with Crippen LogP contribution in [-0.4, -0.2) is 32.3 Å². The number of hydrogen-bond donors (Lipinski definition) is 2. The molecule has 0 radical (unpaired) electrons.